The summed E-state index contributed by atoms with van der Waals surface area (Å²) in [5.41, 5.74) is 6.94. The van der Waals surface area contributed by atoms with Gasteiger partial charge in [0.05, 0.1) is 0 Å². The van der Waals surface area contributed by atoms with Crippen LogP contribution in [0.1, 0.15) is 5.56 Å². The number of fused-ring (bicyclic) bond motifs is 5. The Hall–Kier alpha value is -5.36. The fraction of sp³-hybridized carbons (Fsp3) is 0. The van der Waals surface area contributed by atoms with Crippen molar-refractivity contribution < 1.29 is 4.42 Å². The third kappa shape index (κ3) is 3.87. The molecule has 0 amide bonds. The summed E-state index contributed by atoms with van der Waals surface area (Å²) in [7, 11) is -2.86. The van der Waals surface area contributed by atoms with E-state index in [1.165, 1.54) is 37.1 Å². The van der Waals surface area contributed by atoms with Gasteiger partial charge in [-0.1, -0.05) is 139 Å². The highest BCUT2D eigenvalue weighted by Crippen LogP contribution is 2.30. The molecule has 0 N–H and O–H groups in total. The molecule has 2 heteroatoms. The smallest absolute Gasteiger partial charge is 0.230 e. The minimum atomic E-state index is -2.86. The van der Waals surface area contributed by atoms with Gasteiger partial charge in [0, 0.05) is 16.3 Å². The van der Waals surface area contributed by atoms with Gasteiger partial charge in [0.25, 0.3) is 0 Å². The summed E-state index contributed by atoms with van der Waals surface area (Å²) in [5, 5.41) is 10.8. The van der Waals surface area contributed by atoms with Crippen LogP contribution < -0.4 is 15.6 Å². The van der Waals surface area contributed by atoms with E-state index in [0.29, 0.717) is 0 Å². The second-order valence-electron chi connectivity index (χ2n) is 10.7. The molecular formula is C40H26OSi. The molecule has 0 saturated carbocycles. The van der Waals surface area contributed by atoms with Crippen LogP contribution in [0.15, 0.2) is 162 Å². The van der Waals surface area contributed by atoms with Crippen LogP contribution in [0.4, 0.5) is 0 Å². The first-order chi connectivity index (χ1) is 20.8. The lowest BCUT2D eigenvalue weighted by Gasteiger charge is -2.28. The van der Waals surface area contributed by atoms with Gasteiger partial charge >= 0.3 is 0 Å². The third-order valence-corrected chi connectivity index (χ3v) is 12.4. The van der Waals surface area contributed by atoms with E-state index >= 15 is 0 Å². The topological polar surface area (TPSA) is 13.1 Å². The molecule has 0 aliphatic heterocycles. The third-order valence-electron chi connectivity index (χ3n) is 8.37. The number of hydrogen-bond donors (Lipinski definition) is 0. The molecule has 0 atom stereocenters. The zero-order valence-electron chi connectivity index (χ0n) is 22.9. The van der Waals surface area contributed by atoms with E-state index < -0.39 is 8.07 Å². The quantitative estimate of drug-likeness (QED) is 0.0942. The van der Waals surface area contributed by atoms with Crippen molar-refractivity contribution in [1.82, 2.24) is 0 Å². The average Bonchev–Trinajstić information content (AvgIpc) is 3.44. The SMILES string of the molecule is C(#C[Si](c1ccccc1)(c1ccccc1)c1ccc2oc3ccccc3c2c1)c1c2ccccc2cc2ccccc12. The summed E-state index contributed by atoms with van der Waals surface area (Å²) in [6, 6.07) is 56.2. The number of benzene rings is 7. The van der Waals surface area contributed by atoms with Crippen LogP contribution in [-0.4, -0.2) is 8.07 Å². The highest BCUT2D eigenvalue weighted by atomic mass is 28.3. The van der Waals surface area contributed by atoms with Gasteiger partial charge in [0.1, 0.15) is 11.2 Å². The van der Waals surface area contributed by atoms with Crippen molar-refractivity contribution in [2.24, 2.45) is 0 Å². The van der Waals surface area contributed by atoms with Crippen LogP contribution in [0.2, 0.25) is 0 Å². The molecule has 1 heterocycles. The second kappa shape index (κ2) is 9.92. The maximum Gasteiger partial charge on any atom is 0.230 e. The van der Waals surface area contributed by atoms with Crippen LogP contribution in [-0.2, 0) is 0 Å². The number of furan rings is 1. The first kappa shape index (κ1) is 24.4. The molecule has 42 heavy (non-hydrogen) atoms. The molecule has 0 unspecified atom stereocenters. The summed E-state index contributed by atoms with van der Waals surface area (Å²) in [4.78, 5) is 0. The minimum absolute atomic E-state index is 0.900. The maximum atomic E-state index is 6.24. The molecular weight excluding hydrogens is 525 g/mol. The molecule has 1 nitrogen and oxygen atoms in total. The van der Waals surface area contributed by atoms with Crippen LogP contribution in [0.3, 0.4) is 0 Å². The van der Waals surface area contributed by atoms with Crippen molar-refractivity contribution in [2.45, 2.75) is 0 Å². The molecule has 0 saturated heterocycles. The Bertz CT molecular complexity index is 2210. The molecule has 8 aromatic rings. The van der Waals surface area contributed by atoms with Crippen molar-refractivity contribution >= 4 is 67.1 Å². The summed E-state index contributed by atoms with van der Waals surface area (Å²) >= 11 is 0. The largest absolute Gasteiger partial charge is 0.456 e. The average molecular weight is 551 g/mol. The number of para-hydroxylation sites is 1. The first-order valence-corrected chi connectivity index (χ1v) is 16.3. The predicted molar refractivity (Wildman–Crippen MR) is 180 cm³/mol. The standard InChI is InChI=1S/C40H26OSi/c1-3-15-31(16-4-1)42(32-17-5-2-6-18-32,33-23-24-40-38(28-33)37-21-11-12-22-39(37)41-40)26-25-36-34-19-9-7-13-29(34)27-30-14-8-10-20-35(30)36/h1-24,27-28H. The minimum Gasteiger partial charge on any atom is -0.456 e. The first-order valence-electron chi connectivity index (χ1n) is 14.3. The maximum absolute atomic E-state index is 6.24. The van der Waals surface area contributed by atoms with Gasteiger partial charge in [-0.05, 0) is 61.4 Å². The Morgan fingerprint density at radius 1 is 0.405 bits per heavy atom. The monoisotopic (exact) mass is 550 g/mol. The fourth-order valence-electron chi connectivity index (χ4n) is 6.36. The molecule has 7 aromatic carbocycles. The Morgan fingerprint density at radius 2 is 0.929 bits per heavy atom. The van der Waals surface area contributed by atoms with E-state index in [-0.39, 0.29) is 0 Å². The molecule has 0 spiro atoms. The molecule has 0 bridgehead atoms. The van der Waals surface area contributed by atoms with Gasteiger partial charge < -0.3 is 4.42 Å². The molecule has 196 valence electrons. The molecule has 0 aliphatic rings. The Labute approximate surface area is 245 Å². The van der Waals surface area contributed by atoms with Crippen molar-refractivity contribution in [3.05, 3.63) is 163 Å². The van der Waals surface area contributed by atoms with Crippen molar-refractivity contribution in [2.75, 3.05) is 0 Å². The summed E-state index contributed by atoms with van der Waals surface area (Å²) < 4.78 is 6.24. The van der Waals surface area contributed by atoms with Crippen molar-refractivity contribution in [1.29, 1.82) is 0 Å². The Kier molecular flexibility index (Phi) is 5.77. The van der Waals surface area contributed by atoms with Crippen molar-refractivity contribution in [3.8, 4) is 11.5 Å². The van der Waals surface area contributed by atoms with Gasteiger partial charge in [-0.15, -0.1) is 5.54 Å². The van der Waals surface area contributed by atoms with Gasteiger partial charge in [-0.2, -0.15) is 0 Å². The summed E-state index contributed by atoms with van der Waals surface area (Å²) in [6.07, 6.45) is 0. The van der Waals surface area contributed by atoms with Crippen LogP contribution in [0.25, 0.3) is 43.5 Å². The fourth-order valence-corrected chi connectivity index (χ4v) is 10.2. The van der Waals surface area contributed by atoms with Gasteiger partial charge in [0.15, 0.2) is 0 Å². The highest BCUT2D eigenvalue weighted by Gasteiger charge is 2.39. The summed E-state index contributed by atoms with van der Waals surface area (Å²) in [6.45, 7) is 0. The van der Waals surface area contributed by atoms with E-state index in [1.807, 2.05) is 12.1 Å². The molecule has 1 aromatic heterocycles. The van der Waals surface area contributed by atoms with E-state index in [4.69, 9.17) is 4.42 Å². The Balaban J connectivity index is 1.49. The van der Waals surface area contributed by atoms with E-state index in [2.05, 4.69) is 157 Å². The second-order valence-corrected chi connectivity index (χ2v) is 14.2. The predicted octanol–water partition coefficient (Wildman–Crippen LogP) is 7.95. The van der Waals surface area contributed by atoms with Crippen LogP contribution >= 0.6 is 0 Å². The lowest BCUT2D eigenvalue weighted by atomic mass is 9.97. The summed E-state index contributed by atoms with van der Waals surface area (Å²) in [5.74, 6) is 3.83. The van der Waals surface area contributed by atoms with E-state index in [0.717, 1.165) is 27.5 Å². The van der Waals surface area contributed by atoms with Gasteiger partial charge in [0.2, 0.25) is 8.07 Å². The zero-order chi connectivity index (χ0) is 27.9. The molecule has 0 fully saturated rings. The molecule has 0 radical (unpaired) electrons. The van der Waals surface area contributed by atoms with Crippen LogP contribution in [0, 0.1) is 11.5 Å². The highest BCUT2D eigenvalue weighted by molar-refractivity contribution is 7.17. The normalized spacial score (nSPS) is 11.6. The number of rotatable bonds is 3. The van der Waals surface area contributed by atoms with Gasteiger partial charge in [-0.25, -0.2) is 0 Å². The van der Waals surface area contributed by atoms with Crippen molar-refractivity contribution in [3.63, 3.8) is 0 Å². The Morgan fingerprint density at radius 3 is 1.57 bits per heavy atom. The zero-order valence-corrected chi connectivity index (χ0v) is 23.9. The van der Waals surface area contributed by atoms with E-state index in [9.17, 15) is 0 Å². The number of hydrogen-bond acceptors (Lipinski definition) is 1. The molecule has 8 rings (SSSR count). The molecule has 0 aliphatic carbocycles. The van der Waals surface area contributed by atoms with E-state index in [1.54, 1.807) is 0 Å². The lowest BCUT2D eigenvalue weighted by molar-refractivity contribution is 0.669. The van der Waals surface area contributed by atoms with Gasteiger partial charge in [-0.3, -0.25) is 0 Å². The lowest BCUT2D eigenvalue weighted by Crippen LogP contribution is -2.66. The van der Waals surface area contributed by atoms with Crippen LogP contribution in [0.5, 0.6) is 0 Å².